The van der Waals surface area contributed by atoms with E-state index >= 15 is 0 Å². The first-order chi connectivity index (χ1) is 14.7. The van der Waals surface area contributed by atoms with Crippen LogP contribution in [-0.2, 0) is 6.54 Å². The van der Waals surface area contributed by atoms with Crippen LogP contribution in [0.1, 0.15) is 16.8 Å². The van der Waals surface area contributed by atoms with Gasteiger partial charge in [-0.1, -0.05) is 36.4 Å². The van der Waals surface area contributed by atoms with Crippen LogP contribution in [0.4, 0.5) is 5.82 Å². The molecule has 0 saturated heterocycles. The van der Waals surface area contributed by atoms with Crippen molar-refractivity contribution in [3.05, 3.63) is 77.6 Å². The predicted octanol–water partition coefficient (Wildman–Crippen LogP) is 3.55. The number of anilines is 1. The first-order valence-corrected chi connectivity index (χ1v) is 9.70. The summed E-state index contributed by atoms with van der Waals surface area (Å²) in [5, 5.41) is 13.6. The maximum absolute atomic E-state index is 9.42. The molecule has 0 atom stereocenters. The highest BCUT2D eigenvalue weighted by molar-refractivity contribution is 5.88. The first kappa shape index (κ1) is 19.4. The molecule has 2 aromatic heterocycles. The molecular weight excluding hydrogens is 376 g/mol. The first-order valence-electron chi connectivity index (χ1n) is 9.70. The Hall–Kier alpha value is -3.89. The molecule has 0 fully saturated rings. The minimum Gasteiger partial charge on any atom is -0.487 e. The number of aryl methyl sites for hydroxylation is 1. The normalized spacial score (nSPS) is 10.7. The molecule has 0 saturated carbocycles. The molecule has 7 heteroatoms. The number of aromatic nitrogens is 3. The number of hydrogen-bond donors (Lipinski definition) is 2. The molecule has 7 nitrogen and oxygen atoms in total. The fourth-order valence-corrected chi connectivity index (χ4v) is 3.38. The van der Waals surface area contributed by atoms with Crippen LogP contribution in [0.3, 0.4) is 0 Å². The maximum Gasteiger partial charge on any atom is 0.236 e. The van der Waals surface area contributed by atoms with Crippen LogP contribution in [0.15, 0.2) is 60.8 Å². The van der Waals surface area contributed by atoms with E-state index in [1.807, 2.05) is 66.1 Å². The second-order valence-corrected chi connectivity index (χ2v) is 6.83. The second-order valence-electron chi connectivity index (χ2n) is 6.83. The van der Waals surface area contributed by atoms with Gasteiger partial charge in [-0.3, -0.25) is 4.57 Å². The van der Waals surface area contributed by atoms with Crippen LogP contribution in [0, 0.1) is 18.3 Å². The number of ether oxygens (including phenoxy) is 1. The number of nitrogens with zero attached hydrogens (tertiary/aromatic N) is 4. The minimum atomic E-state index is 0.375. The summed E-state index contributed by atoms with van der Waals surface area (Å²) in [6, 6.07) is 19.9. The zero-order valence-electron chi connectivity index (χ0n) is 16.7. The van der Waals surface area contributed by atoms with E-state index in [2.05, 4.69) is 16.4 Å². The van der Waals surface area contributed by atoms with E-state index in [9.17, 15) is 5.26 Å². The summed E-state index contributed by atoms with van der Waals surface area (Å²) in [7, 11) is 0. The predicted molar refractivity (Wildman–Crippen MR) is 117 cm³/mol. The molecule has 0 aliphatic carbocycles. The van der Waals surface area contributed by atoms with Gasteiger partial charge in [0.15, 0.2) is 11.6 Å². The standard InChI is InChI=1S/C23H22N6O/c1-16-12-19-18(13-25)8-5-9-20(19)29(16)23-27-15-21(30-11-10-24)22(28-23)26-14-17-6-3-2-4-7-17/h2-9,12,15H,10-11,14,24H2,1H3,(H,26,27,28). The molecule has 2 aromatic carbocycles. The van der Waals surface area contributed by atoms with Crippen molar-refractivity contribution < 1.29 is 4.74 Å². The van der Waals surface area contributed by atoms with Gasteiger partial charge < -0.3 is 15.8 Å². The highest BCUT2D eigenvalue weighted by Gasteiger charge is 2.15. The molecule has 30 heavy (non-hydrogen) atoms. The molecule has 0 aliphatic heterocycles. The van der Waals surface area contributed by atoms with E-state index in [0.29, 0.717) is 42.8 Å². The molecule has 4 rings (SSSR count). The number of nitrogens with one attached hydrogen (secondary N) is 1. The number of hydrogen-bond acceptors (Lipinski definition) is 6. The molecule has 0 spiro atoms. The third kappa shape index (κ3) is 3.81. The zero-order chi connectivity index (χ0) is 20.9. The highest BCUT2D eigenvalue weighted by atomic mass is 16.5. The smallest absolute Gasteiger partial charge is 0.236 e. The van der Waals surface area contributed by atoms with E-state index in [4.69, 9.17) is 15.5 Å². The number of nitrogens with two attached hydrogens (primary N) is 1. The Morgan fingerprint density at radius 3 is 2.77 bits per heavy atom. The molecule has 0 unspecified atom stereocenters. The lowest BCUT2D eigenvalue weighted by molar-refractivity contribution is 0.327. The number of fused-ring (bicyclic) bond motifs is 1. The monoisotopic (exact) mass is 398 g/mol. The van der Waals surface area contributed by atoms with Gasteiger partial charge in [0.1, 0.15) is 6.61 Å². The largest absolute Gasteiger partial charge is 0.487 e. The lowest BCUT2D eigenvalue weighted by Crippen LogP contribution is -2.14. The van der Waals surface area contributed by atoms with Crippen LogP contribution in [0.5, 0.6) is 5.75 Å². The number of nitriles is 1. The van der Waals surface area contributed by atoms with Crippen LogP contribution in [-0.4, -0.2) is 27.7 Å². The summed E-state index contributed by atoms with van der Waals surface area (Å²) in [5.41, 5.74) is 9.17. The van der Waals surface area contributed by atoms with Crippen LogP contribution in [0.25, 0.3) is 16.9 Å². The third-order valence-electron chi connectivity index (χ3n) is 4.77. The van der Waals surface area contributed by atoms with Crippen molar-refractivity contribution in [1.82, 2.24) is 14.5 Å². The summed E-state index contributed by atoms with van der Waals surface area (Å²) in [5.74, 6) is 1.65. The summed E-state index contributed by atoms with van der Waals surface area (Å²) in [6.45, 7) is 3.35. The molecule has 3 N–H and O–H groups in total. The van der Waals surface area contributed by atoms with Crippen molar-refractivity contribution in [3.8, 4) is 17.8 Å². The Morgan fingerprint density at radius 2 is 2.00 bits per heavy atom. The fraction of sp³-hybridized carbons (Fsp3) is 0.174. The van der Waals surface area contributed by atoms with Gasteiger partial charge in [0.05, 0.1) is 23.3 Å². The van der Waals surface area contributed by atoms with Gasteiger partial charge in [-0.15, -0.1) is 0 Å². The Balaban J connectivity index is 1.75. The average molecular weight is 398 g/mol. The zero-order valence-corrected chi connectivity index (χ0v) is 16.7. The van der Waals surface area contributed by atoms with E-state index in [1.54, 1.807) is 6.20 Å². The van der Waals surface area contributed by atoms with Gasteiger partial charge >= 0.3 is 0 Å². The van der Waals surface area contributed by atoms with Gasteiger partial charge in [0.2, 0.25) is 5.95 Å². The number of rotatable bonds is 7. The van der Waals surface area contributed by atoms with Crippen molar-refractivity contribution >= 4 is 16.7 Å². The van der Waals surface area contributed by atoms with E-state index in [-0.39, 0.29) is 0 Å². The molecule has 0 aliphatic rings. The van der Waals surface area contributed by atoms with Crippen molar-refractivity contribution in [2.75, 3.05) is 18.5 Å². The fourth-order valence-electron chi connectivity index (χ4n) is 3.38. The molecule has 0 radical (unpaired) electrons. The number of benzene rings is 2. The Labute approximate surface area is 174 Å². The van der Waals surface area contributed by atoms with Crippen LogP contribution < -0.4 is 15.8 Å². The summed E-state index contributed by atoms with van der Waals surface area (Å²) >= 11 is 0. The lowest BCUT2D eigenvalue weighted by atomic mass is 10.1. The highest BCUT2D eigenvalue weighted by Crippen LogP contribution is 2.28. The molecule has 150 valence electrons. The SMILES string of the molecule is Cc1cc2c(C#N)cccc2n1-c1ncc(OCCN)c(NCc2ccccc2)n1. The van der Waals surface area contributed by atoms with Gasteiger partial charge in [-0.2, -0.15) is 10.2 Å². The van der Waals surface area contributed by atoms with Crippen molar-refractivity contribution in [2.24, 2.45) is 5.73 Å². The topological polar surface area (TPSA) is 102 Å². The van der Waals surface area contributed by atoms with Gasteiger partial charge in [-0.05, 0) is 30.7 Å². The lowest BCUT2D eigenvalue weighted by Gasteiger charge is -2.14. The molecule has 0 bridgehead atoms. The Morgan fingerprint density at radius 1 is 1.17 bits per heavy atom. The minimum absolute atomic E-state index is 0.375. The van der Waals surface area contributed by atoms with E-state index in [1.165, 1.54) is 0 Å². The van der Waals surface area contributed by atoms with Gasteiger partial charge in [0.25, 0.3) is 0 Å². The molecular formula is C23H22N6O. The summed E-state index contributed by atoms with van der Waals surface area (Å²) in [4.78, 5) is 9.26. The Bertz CT molecular complexity index is 1210. The quantitative estimate of drug-likeness (QED) is 0.494. The van der Waals surface area contributed by atoms with Gasteiger partial charge in [0, 0.05) is 24.2 Å². The van der Waals surface area contributed by atoms with Crippen LogP contribution in [0.2, 0.25) is 0 Å². The summed E-state index contributed by atoms with van der Waals surface area (Å²) < 4.78 is 7.68. The van der Waals surface area contributed by atoms with Crippen LogP contribution >= 0.6 is 0 Å². The second kappa shape index (κ2) is 8.64. The molecule has 4 aromatic rings. The maximum atomic E-state index is 9.42. The van der Waals surface area contributed by atoms with Crippen molar-refractivity contribution in [2.45, 2.75) is 13.5 Å². The Kier molecular flexibility index (Phi) is 5.59. The average Bonchev–Trinajstić information content (AvgIpc) is 3.13. The van der Waals surface area contributed by atoms with E-state index < -0.39 is 0 Å². The summed E-state index contributed by atoms with van der Waals surface area (Å²) in [6.07, 6.45) is 1.66. The third-order valence-corrected chi connectivity index (χ3v) is 4.77. The van der Waals surface area contributed by atoms with Crippen molar-refractivity contribution in [3.63, 3.8) is 0 Å². The van der Waals surface area contributed by atoms with E-state index in [0.717, 1.165) is 22.2 Å². The molecule has 0 amide bonds. The van der Waals surface area contributed by atoms with Gasteiger partial charge in [-0.25, -0.2) is 4.98 Å². The van der Waals surface area contributed by atoms with Crippen molar-refractivity contribution in [1.29, 1.82) is 5.26 Å². The molecule has 2 heterocycles.